The highest BCUT2D eigenvalue weighted by atomic mass is 35.5. The van der Waals surface area contributed by atoms with E-state index in [9.17, 15) is 8.42 Å². The monoisotopic (exact) mass is 300 g/mol. The lowest BCUT2D eigenvalue weighted by Crippen LogP contribution is -2.34. The fraction of sp³-hybridized carbons (Fsp3) is 0.462. The molecule has 1 aromatic rings. The molecule has 0 aliphatic rings. The summed E-state index contributed by atoms with van der Waals surface area (Å²) < 4.78 is 26.1. The van der Waals surface area contributed by atoms with Crippen LogP contribution in [-0.4, -0.2) is 26.3 Å². The molecule has 0 heterocycles. The van der Waals surface area contributed by atoms with Gasteiger partial charge in [0.05, 0.1) is 16.7 Å². The van der Waals surface area contributed by atoms with Gasteiger partial charge < -0.3 is 0 Å². The first-order valence-electron chi connectivity index (χ1n) is 5.74. The predicted octanol–water partition coefficient (Wildman–Crippen LogP) is 2.88. The van der Waals surface area contributed by atoms with Crippen LogP contribution in [0.15, 0.2) is 23.1 Å². The maximum atomic E-state index is 12.4. The molecule has 1 aromatic carbocycles. The van der Waals surface area contributed by atoms with Crippen molar-refractivity contribution in [1.29, 1.82) is 5.26 Å². The average Bonchev–Trinajstić information content (AvgIpc) is 2.26. The molecule has 1 rings (SSSR count). The average molecular weight is 301 g/mol. The van der Waals surface area contributed by atoms with Crippen LogP contribution in [0.5, 0.6) is 0 Å². The summed E-state index contributed by atoms with van der Waals surface area (Å²) in [5.74, 6) is 0. The number of benzene rings is 1. The van der Waals surface area contributed by atoms with Crippen LogP contribution in [0.25, 0.3) is 0 Å². The first-order chi connectivity index (χ1) is 8.58. The van der Waals surface area contributed by atoms with Gasteiger partial charge in [-0.3, -0.25) is 0 Å². The number of hydrogen-bond donors (Lipinski definition) is 0. The van der Waals surface area contributed by atoms with Crippen molar-refractivity contribution in [3.63, 3.8) is 0 Å². The Bertz CT molecular complexity index is 613. The summed E-state index contributed by atoms with van der Waals surface area (Å²) in [5.41, 5.74) is 0.184. The minimum absolute atomic E-state index is 0.0277. The number of sulfonamides is 1. The van der Waals surface area contributed by atoms with E-state index in [-0.39, 0.29) is 15.3 Å². The fourth-order valence-corrected chi connectivity index (χ4v) is 3.61. The van der Waals surface area contributed by atoms with Crippen molar-refractivity contribution in [3.8, 4) is 6.07 Å². The summed E-state index contributed by atoms with van der Waals surface area (Å²) >= 11 is 5.95. The van der Waals surface area contributed by atoms with E-state index in [4.69, 9.17) is 16.9 Å². The van der Waals surface area contributed by atoms with Crippen molar-refractivity contribution in [2.45, 2.75) is 25.7 Å². The van der Waals surface area contributed by atoms with Gasteiger partial charge in [-0.05, 0) is 23.6 Å². The van der Waals surface area contributed by atoms with Gasteiger partial charge in [0.25, 0.3) is 0 Å². The van der Waals surface area contributed by atoms with Gasteiger partial charge in [-0.15, -0.1) is 0 Å². The Kier molecular flexibility index (Phi) is 4.62. The van der Waals surface area contributed by atoms with Gasteiger partial charge in [0.15, 0.2) is 0 Å². The highest BCUT2D eigenvalue weighted by Gasteiger charge is 2.27. The molecule has 0 N–H and O–H groups in total. The Balaban J connectivity index is 3.18. The van der Waals surface area contributed by atoms with E-state index in [2.05, 4.69) is 0 Å². The van der Waals surface area contributed by atoms with Crippen molar-refractivity contribution in [2.24, 2.45) is 5.41 Å². The molecular formula is C13H17ClN2O2S. The van der Waals surface area contributed by atoms with Crippen molar-refractivity contribution in [3.05, 3.63) is 28.8 Å². The smallest absolute Gasteiger partial charge is 0.207 e. The molecule has 6 heteroatoms. The zero-order chi connectivity index (χ0) is 14.8. The molecule has 0 aromatic heterocycles. The van der Waals surface area contributed by atoms with Gasteiger partial charge in [-0.1, -0.05) is 32.4 Å². The lowest BCUT2D eigenvalue weighted by atomic mass is 9.97. The molecule has 4 nitrogen and oxygen atoms in total. The number of hydrogen-bond acceptors (Lipinski definition) is 3. The Labute approximate surface area is 119 Å². The zero-order valence-corrected chi connectivity index (χ0v) is 13.0. The van der Waals surface area contributed by atoms with Crippen molar-refractivity contribution in [2.75, 3.05) is 13.6 Å². The van der Waals surface area contributed by atoms with Crippen LogP contribution in [0.1, 0.15) is 26.3 Å². The number of halogens is 1. The maximum Gasteiger partial charge on any atom is 0.244 e. The molecule has 0 radical (unpaired) electrons. The molecule has 0 bridgehead atoms. The van der Waals surface area contributed by atoms with Crippen LogP contribution < -0.4 is 0 Å². The van der Waals surface area contributed by atoms with E-state index in [0.717, 1.165) is 0 Å². The highest BCUT2D eigenvalue weighted by molar-refractivity contribution is 7.89. The molecule has 0 amide bonds. The van der Waals surface area contributed by atoms with E-state index in [1.165, 1.54) is 29.6 Å². The summed E-state index contributed by atoms with van der Waals surface area (Å²) in [7, 11) is -2.11. The second-order valence-electron chi connectivity index (χ2n) is 5.58. The third-order valence-electron chi connectivity index (χ3n) is 2.45. The number of nitrogens with zero attached hydrogens (tertiary/aromatic N) is 2. The van der Waals surface area contributed by atoms with Crippen molar-refractivity contribution < 1.29 is 8.42 Å². The van der Waals surface area contributed by atoms with Gasteiger partial charge in [0.1, 0.15) is 4.90 Å². The Hall–Kier alpha value is -1.09. The summed E-state index contributed by atoms with van der Waals surface area (Å²) in [6.45, 7) is 6.25. The van der Waals surface area contributed by atoms with Crippen LogP contribution in [0, 0.1) is 16.7 Å². The van der Waals surface area contributed by atoms with Crippen LogP contribution in [0.3, 0.4) is 0 Å². The number of rotatable bonds is 3. The van der Waals surface area contributed by atoms with Gasteiger partial charge in [0.2, 0.25) is 10.0 Å². The molecule has 0 atom stereocenters. The summed E-state index contributed by atoms with van der Waals surface area (Å²) in [5, 5.41) is 8.82. The van der Waals surface area contributed by atoms with E-state index >= 15 is 0 Å². The molecular weight excluding hydrogens is 284 g/mol. The van der Waals surface area contributed by atoms with Gasteiger partial charge in [0, 0.05) is 13.6 Å². The third-order valence-corrected chi connectivity index (χ3v) is 4.73. The van der Waals surface area contributed by atoms with E-state index in [1.54, 1.807) is 0 Å². The molecule has 0 unspecified atom stereocenters. The Morgan fingerprint density at radius 1 is 1.37 bits per heavy atom. The molecule has 0 aliphatic carbocycles. The van der Waals surface area contributed by atoms with Gasteiger partial charge in [-0.25, -0.2) is 12.7 Å². The maximum absolute atomic E-state index is 12.4. The molecule has 0 spiro atoms. The second kappa shape index (κ2) is 5.49. The quantitative estimate of drug-likeness (QED) is 0.862. The van der Waals surface area contributed by atoms with Gasteiger partial charge in [-0.2, -0.15) is 5.26 Å². The second-order valence-corrected chi connectivity index (χ2v) is 8.00. The summed E-state index contributed by atoms with van der Waals surface area (Å²) in [4.78, 5) is 0.0277. The fourth-order valence-electron chi connectivity index (χ4n) is 1.70. The molecule has 0 fully saturated rings. The lowest BCUT2D eigenvalue weighted by Gasteiger charge is -2.26. The molecule has 0 saturated heterocycles. The normalized spacial score (nSPS) is 12.5. The molecule has 0 aliphatic heterocycles. The van der Waals surface area contributed by atoms with Gasteiger partial charge >= 0.3 is 0 Å². The van der Waals surface area contributed by atoms with Crippen LogP contribution >= 0.6 is 11.6 Å². The SMILES string of the molecule is CN(CC(C)(C)C)S(=O)(=O)c1ccc(C#N)cc1Cl. The summed E-state index contributed by atoms with van der Waals surface area (Å²) in [6, 6.07) is 6.10. The zero-order valence-electron chi connectivity index (χ0n) is 11.4. The lowest BCUT2D eigenvalue weighted by molar-refractivity contribution is 0.311. The predicted molar refractivity (Wildman–Crippen MR) is 75.4 cm³/mol. The Morgan fingerprint density at radius 2 is 1.95 bits per heavy atom. The van der Waals surface area contributed by atoms with E-state index in [1.807, 2.05) is 26.8 Å². The molecule has 0 saturated carbocycles. The van der Waals surface area contributed by atoms with Crippen LogP contribution in [-0.2, 0) is 10.0 Å². The Morgan fingerprint density at radius 3 is 2.37 bits per heavy atom. The number of nitriles is 1. The summed E-state index contributed by atoms with van der Waals surface area (Å²) in [6.07, 6.45) is 0. The minimum Gasteiger partial charge on any atom is -0.207 e. The largest absolute Gasteiger partial charge is 0.244 e. The highest BCUT2D eigenvalue weighted by Crippen LogP contribution is 2.27. The standard InChI is InChI=1S/C13H17ClN2O2S/c1-13(2,3)9-16(4)19(17,18)12-6-5-10(8-15)7-11(12)14/h5-7H,9H2,1-4H3. The van der Waals surface area contributed by atoms with Crippen molar-refractivity contribution >= 4 is 21.6 Å². The first kappa shape index (κ1) is 16.0. The topological polar surface area (TPSA) is 61.2 Å². The van der Waals surface area contributed by atoms with Crippen LogP contribution in [0.2, 0.25) is 5.02 Å². The molecule has 104 valence electrons. The third kappa shape index (κ3) is 3.93. The minimum atomic E-state index is -3.64. The molecule has 19 heavy (non-hydrogen) atoms. The van der Waals surface area contributed by atoms with E-state index in [0.29, 0.717) is 12.1 Å². The first-order valence-corrected chi connectivity index (χ1v) is 7.56. The van der Waals surface area contributed by atoms with Crippen LogP contribution in [0.4, 0.5) is 0 Å². The van der Waals surface area contributed by atoms with Crippen molar-refractivity contribution in [1.82, 2.24) is 4.31 Å². The van der Waals surface area contributed by atoms with E-state index < -0.39 is 10.0 Å².